The van der Waals surface area contributed by atoms with Crippen LogP contribution in [-0.4, -0.2) is 7.11 Å². The van der Waals surface area contributed by atoms with Crippen LogP contribution in [0.1, 0.15) is 17.2 Å². The molecular weight excluding hydrogens is 148 g/mol. The van der Waals surface area contributed by atoms with Crippen LogP contribution in [0, 0.1) is 6.42 Å². The Balaban J connectivity index is 2.43. The number of rotatable bonds is 1. The van der Waals surface area contributed by atoms with Gasteiger partial charge in [-0.15, -0.1) is 0 Å². The first kappa shape index (κ1) is 7.56. The molecule has 1 nitrogen and oxygen atoms in total. The molecule has 0 aliphatic heterocycles. The van der Waals surface area contributed by atoms with Crippen LogP contribution in [0.25, 0.3) is 0 Å². The molecule has 12 heavy (non-hydrogen) atoms. The van der Waals surface area contributed by atoms with Gasteiger partial charge < -0.3 is 4.74 Å². The van der Waals surface area contributed by atoms with E-state index in [2.05, 4.69) is 24.6 Å². The fourth-order valence-electron chi connectivity index (χ4n) is 1.49. The second kappa shape index (κ2) is 3.11. The van der Waals surface area contributed by atoms with Gasteiger partial charge in [0.1, 0.15) is 6.10 Å². The van der Waals surface area contributed by atoms with E-state index < -0.39 is 0 Å². The molecule has 1 aliphatic rings. The summed E-state index contributed by atoms with van der Waals surface area (Å²) in [5.74, 6) is 0. The minimum Gasteiger partial charge on any atom is -0.373 e. The third-order valence-electron chi connectivity index (χ3n) is 2.12. The molecule has 0 amide bonds. The minimum absolute atomic E-state index is 0.131. The summed E-state index contributed by atoms with van der Waals surface area (Å²) in [4.78, 5) is 0. The summed E-state index contributed by atoms with van der Waals surface area (Å²) in [6.45, 7) is 0. The lowest BCUT2D eigenvalue weighted by atomic mass is 9.95. The molecule has 1 aromatic carbocycles. The first-order chi connectivity index (χ1) is 5.92. The maximum Gasteiger partial charge on any atom is 0.101 e. The molecule has 1 radical (unpaired) electrons. The van der Waals surface area contributed by atoms with Gasteiger partial charge in [-0.05, 0) is 11.1 Å². The van der Waals surface area contributed by atoms with Crippen molar-refractivity contribution in [2.24, 2.45) is 0 Å². The van der Waals surface area contributed by atoms with E-state index in [1.165, 1.54) is 11.1 Å². The summed E-state index contributed by atoms with van der Waals surface area (Å²) in [6, 6.07) is 8.29. The van der Waals surface area contributed by atoms with Gasteiger partial charge in [0.15, 0.2) is 0 Å². The highest BCUT2D eigenvalue weighted by molar-refractivity contribution is 5.42. The molecule has 1 atom stereocenters. The SMILES string of the molecule is COC1C=C[CH]c2ccccc21. The molecule has 0 saturated heterocycles. The van der Waals surface area contributed by atoms with Crippen LogP contribution in [0.3, 0.4) is 0 Å². The Morgan fingerprint density at radius 1 is 1.25 bits per heavy atom. The largest absolute Gasteiger partial charge is 0.373 e. The Morgan fingerprint density at radius 2 is 2.08 bits per heavy atom. The average molecular weight is 159 g/mol. The minimum atomic E-state index is 0.131. The van der Waals surface area contributed by atoms with E-state index in [9.17, 15) is 0 Å². The maximum absolute atomic E-state index is 5.31. The molecule has 1 aliphatic carbocycles. The number of hydrogen-bond donors (Lipinski definition) is 0. The number of hydrogen-bond acceptors (Lipinski definition) is 1. The highest BCUT2D eigenvalue weighted by Crippen LogP contribution is 2.27. The molecule has 0 aromatic heterocycles. The lowest BCUT2D eigenvalue weighted by molar-refractivity contribution is 0.141. The summed E-state index contributed by atoms with van der Waals surface area (Å²) in [6.07, 6.45) is 6.33. The fraction of sp³-hybridized carbons (Fsp3) is 0.182. The predicted molar refractivity (Wildman–Crippen MR) is 48.7 cm³/mol. The van der Waals surface area contributed by atoms with Gasteiger partial charge in [-0.25, -0.2) is 0 Å². The van der Waals surface area contributed by atoms with Gasteiger partial charge in [0.25, 0.3) is 0 Å². The third kappa shape index (κ3) is 1.16. The first-order valence-corrected chi connectivity index (χ1v) is 4.05. The van der Waals surface area contributed by atoms with E-state index in [4.69, 9.17) is 4.74 Å². The monoisotopic (exact) mass is 159 g/mol. The molecule has 0 saturated carbocycles. The van der Waals surface area contributed by atoms with Gasteiger partial charge in [0.05, 0.1) is 0 Å². The zero-order valence-corrected chi connectivity index (χ0v) is 7.03. The van der Waals surface area contributed by atoms with Gasteiger partial charge >= 0.3 is 0 Å². The number of benzene rings is 1. The van der Waals surface area contributed by atoms with Gasteiger partial charge in [-0.2, -0.15) is 0 Å². The van der Waals surface area contributed by atoms with Gasteiger partial charge in [0, 0.05) is 13.5 Å². The summed E-state index contributed by atoms with van der Waals surface area (Å²) in [7, 11) is 1.73. The van der Waals surface area contributed by atoms with E-state index in [0.29, 0.717) is 0 Å². The Morgan fingerprint density at radius 3 is 2.92 bits per heavy atom. The molecule has 1 heteroatoms. The lowest BCUT2D eigenvalue weighted by Gasteiger charge is -2.18. The number of allylic oxidation sites excluding steroid dienone is 1. The van der Waals surface area contributed by atoms with E-state index >= 15 is 0 Å². The smallest absolute Gasteiger partial charge is 0.101 e. The van der Waals surface area contributed by atoms with Crippen molar-refractivity contribution in [3.05, 3.63) is 54.0 Å². The zero-order valence-electron chi connectivity index (χ0n) is 7.03. The molecule has 0 bridgehead atoms. The summed E-state index contributed by atoms with van der Waals surface area (Å²) >= 11 is 0. The van der Waals surface area contributed by atoms with Crippen LogP contribution >= 0.6 is 0 Å². The van der Waals surface area contributed by atoms with Crippen molar-refractivity contribution in [2.75, 3.05) is 7.11 Å². The van der Waals surface area contributed by atoms with Crippen LogP contribution < -0.4 is 0 Å². The van der Waals surface area contributed by atoms with Crippen LogP contribution in [0.15, 0.2) is 36.4 Å². The van der Waals surface area contributed by atoms with Crippen LogP contribution in [-0.2, 0) is 4.74 Å². The summed E-state index contributed by atoms with van der Waals surface area (Å²) in [5.41, 5.74) is 2.51. The Kier molecular flexibility index (Phi) is 1.96. The van der Waals surface area contributed by atoms with Crippen molar-refractivity contribution in [1.82, 2.24) is 0 Å². The first-order valence-electron chi connectivity index (χ1n) is 4.05. The summed E-state index contributed by atoms with van der Waals surface area (Å²) in [5, 5.41) is 0. The van der Waals surface area contributed by atoms with Crippen molar-refractivity contribution in [2.45, 2.75) is 6.10 Å². The predicted octanol–water partition coefficient (Wildman–Crippen LogP) is 2.50. The lowest BCUT2D eigenvalue weighted by Crippen LogP contribution is -2.04. The molecule has 2 rings (SSSR count). The normalized spacial score (nSPS) is 20.6. The van der Waals surface area contributed by atoms with Crippen LogP contribution in [0.5, 0.6) is 0 Å². The van der Waals surface area contributed by atoms with Crippen LogP contribution in [0.4, 0.5) is 0 Å². The van der Waals surface area contributed by atoms with Gasteiger partial charge in [-0.1, -0.05) is 36.4 Å². The Bertz CT molecular complexity index is 302. The highest BCUT2D eigenvalue weighted by Gasteiger charge is 2.13. The van der Waals surface area contributed by atoms with Crippen molar-refractivity contribution in [1.29, 1.82) is 0 Å². The molecule has 1 aromatic rings. The molecule has 0 fully saturated rings. The van der Waals surface area contributed by atoms with Crippen molar-refractivity contribution in [3.8, 4) is 0 Å². The Labute approximate surface area is 72.7 Å². The van der Waals surface area contributed by atoms with E-state index in [1.807, 2.05) is 18.2 Å². The quantitative estimate of drug-likeness (QED) is 0.611. The second-order valence-electron chi connectivity index (χ2n) is 2.84. The standard InChI is InChI=1S/C11H11O/c1-12-11-8-4-6-9-5-2-3-7-10(9)11/h2-8,11H,1H3. The van der Waals surface area contributed by atoms with E-state index in [-0.39, 0.29) is 6.10 Å². The number of methoxy groups -OCH3 is 1. The molecule has 61 valence electrons. The molecule has 1 unspecified atom stereocenters. The topological polar surface area (TPSA) is 9.23 Å². The van der Waals surface area contributed by atoms with Gasteiger partial charge in [-0.3, -0.25) is 0 Å². The highest BCUT2D eigenvalue weighted by atomic mass is 16.5. The molecule has 0 heterocycles. The van der Waals surface area contributed by atoms with Crippen molar-refractivity contribution in [3.63, 3.8) is 0 Å². The molecule has 0 N–H and O–H groups in total. The average Bonchev–Trinajstić information content (AvgIpc) is 2.17. The van der Waals surface area contributed by atoms with Crippen LogP contribution in [0.2, 0.25) is 0 Å². The zero-order chi connectivity index (χ0) is 8.39. The number of ether oxygens (including phenoxy) is 1. The van der Waals surface area contributed by atoms with E-state index in [0.717, 1.165) is 0 Å². The van der Waals surface area contributed by atoms with Crippen molar-refractivity contribution >= 4 is 0 Å². The molecular formula is C11H11O. The van der Waals surface area contributed by atoms with Crippen molar-refractivity contribution < 1.29 is 4.74 Å². The second-order valence-corrected chi connectivity index (χ2v) is 2.84. The molecule has 0 spiro atoms. The van der Waals surface area contributed by atoms with Gasteiger partial charge in [0.2, 0.25) is 0 Å². The number of fused-ring (bicyclic) bond motifs is 1. The van der Waals surface area contributed by atoms with E-state index in [1.54, 1.807) is 7.11 Å². The maximum atomic E-state index is 5.31. The Hall–Kier alpha value is -1.08. The fourth-order valence-corrected chi connectivity index (χ4v) is 1.49. The summed E-state index contributed by atoms with van der Waals surface area (Å²) < 4.78 is 5.31. The third-order valence-corrected chi connectivity index (χ3v) is 2.12.